The van der Waals surface area contributed by atoms with Gasteiger partial charge in [0.25, 0.3) is 0 Å². The summed E-state index contributed by atoms with van der Waals surface area (Å²) in [5, 5.41) is 30.3. The molecule has 4 N–H and O–H groups in total. The van der Waals surface area contributed by atoms with E-state index < -0.39 is 18.2 Å². The molecule has 1 aromatic rings. The summed E-state index contributed by atoms with van der Waals surface area (Å²) in [4.78, 5) is 21.7. The molecule has 6 heteroatoms. The molecule has 0 spiro atoms. The van der Waals surface area contributed by atoms with Gasteiger partial charge in [0.05, 0.1) is 0 Å². The number of carboxylic acid groups (broad SMARTS) is 1. The van der Waals surface area contributed by atoms with Crippen molar-refractivity contribution in [3.8, 4) is 0 Å². The van der Waals surface area contributed by atoms with Gasteiger partial charge in [0.15, 0.2) is 6.10 Å². The van der Waals surface area contributed by atoms with E-state index in [0.29, 0.717) is 24.1 Å². The Labute approximate surface area is 103 Å². The molecule has 0 bridgehead atoms. The number of carbonyl (C=O) groups excluding carboxylic acids is 1. The SMILES string of the molecule is O=C1CCc2cc(C(O)C(O)C(=O)O)ccc2N1. The Hall–Kier alpha value is -1.92. The van der Waals surface area contributed by atoms with Crippen molar-refractivity contribution in [2.24, 2.45) is 0 Å². The molecular formula is C12H13NO5. The van der Waals surface area contributed by atoms with E-state index in [1.165, 1.54) is 6.07 Å². The highest BCUT2D eigenvalue weighted by atomic mass is 16.4. The summed E-state index contributed by atoms with van der Waals surface area (Å²) in [6.07, 6.45) is -2.45. The second kappa shape index (κ2) is 4.75. The largest absolute Gasteiger partial charge is 0.479 e. The molecule has 1 aliphatic rings. The normalized spacial score (nSPS) is 17.6. The Morgan fingerprint density at radius 2 is 2.00 bits per heavy atom. The van der Waals surface area contributed by atoms with E-state index in [2.05, 4.69) is 5.32 Å². The predicted octanol–water partition coefficient (Wildman–Crippen LogP) is 0.0502. The molecule has 1 heterocycles. The highest BCUT2D eigenvalue weighted by molar-refractivity contribution is 5.93. The van der Waals surface area contributed by atoms with Crippen LogP contribution in [-0.2, 0) is 16.0 Å². The first-order chi connectivity index (χ1) is 8.49. The summed E-state index contributed by atoms with van der Waals surface area (Å²) < 4.78 is 0. The maximum atomic E-state index is 11.2. The number of carboxylic acids is 1. The van der Waals surface area contributed by atoms with Crippen molar-refractivity contribution in [2.45, 2.75) is 25.0 Å². The molecule has 0 saturated carbocycles. The van der Waals surface area contributed by atoms with Crippen LogP contribution in [0.4, 0.5) is 5.69 Å². The van der Waals surface area contributed by atoms with Crippen LogP contribution in [0.2, 0.25) is 0 Å². The lowest BCUT2D eigenvalue weighted by Gasteiger charge is -2.20. The summed E-state index contributed by atoms with van der Waals surface area (Å²) in [7, 11) is 0. The van der Waals surface area contributed by atoms with E-state index in [1.807, 2.05) is 0 Å². The summed E-state index contributed by atoms with van der Waals surface area (Å²) >= 11 is 0. The van der Waals surface area contributed by atoms with Gasteiger partial charge < -0.3 is 20.6 Å². The zero-order valence-corrected chi connectivity index (χ0v) is 9.46. The van der Waals surface area contributed by atoms with Gasteiger partial charge in [0, 0.05) is 12.1 Å². The molecule has 0 saturated heterocycles. The van der Waals surface area contributed by atoms with Crippen LogP contribution < -0.4 is 5.32 Å². The third-order valence-corrected chi connectivity index (χ3v) is 2.92. The van der Waals surface area contributed by atoms with Crippen molar-refractivity contribution >= 4 is 17.6 Å². The highest BCUT2D eigenvalue weighted by Gasteiger charge is 2.26. The van der Waals surface area contributed by atoms with Gasteiger partial charge in [-0.05, 0) is 23.6 Å². The Morgan fingerprint density at radius 3 is 2.67 bits per heavy atom. The minimum atomic E-state index is -1.86. The maximum absolute atomic E-state index is 11.2. The Kier molecular flexibility index (Phi) is 3.31. The van der Waals surface area contributed by atoms with Gasteiger partial charge in [0.2, 0.25) is 5.91 Å². The summed E-state index contributed by atoms with van der Waals surface area (Å²) in [6, 6.07) is 4.69. The molecule has 2 rings (SSSR count). The number of hydrogen-bond donors (Lipinski definition) is 4. The lowest BCUT2D eigenvalue weighted by molar-refractivity contribution is -0.153. The van der Waals surface area contributed by atoms with Crippen molar-refractivity contribution in [3.05, 3.63) is 29.3 Å². The van der Waals surface area contributed by atoms with Crippen LogP contribution in [0.25, 0.3) is 0 Å². The number of rotatable bonds is 3. The fourth-order valence-corrected chi connectivity index (χ4v) is 1.90. The minimum absolute atomic E-state index is 0.0682. The first-order valence-electron chi connectivity index (χ1n) is 5.50. The van der Waals surface area contributed by atoms with Gasteiger partial charge in [-0.1, -0.05) is 12.1 Å². The zero-order valence-electron chi connectivity index (χ0n) is 9.46. The number of hydrogen-bond acceptors (Lipinski definition) is 4. The minimum Gasteiger partial charge on any atom is -0.479 e. The second-order valence-electron chi connectivity index (χ2n) is 4.19. The molecule has 2 unspecified atom stereocenters. The third kappa shape index (κ3) is 2.34. The van der Waals surface area contributed by atoms with E-state index in [9.17, 15) is 19.8 Å². The molecule has 18 heavy (non-hydrogen) atoms. The number of aliphatic hydroxyl groups excluding tert-OH is 2. The van der Waals surface area contributed by atoms with E-state index in [4.69, 9.17) is 5.11 Å². The molecule has 6 nitrogen and oxygen atoms in total. The summed E-state index contributed by atoms with van der Waals surface area (Å²) in [5.41, 5.74) is 1.80. The zero-order chi connectivity index (χ0) is 13.3. The molecule has 1 amide bonds. The van der Waals surface area contributed by atoms with Crippen molar-refractivity contribution < 1.29 is 24.9 Å². The number of aryl methyl sites for hydroxylation is 1. The van der Waals surface area contributed by atoms with E-state index in [1.54, 1.807) is 12.1 Å². The number of carbonyl (C=O) groups is 2. The lowest BCUT2D eigenvalue weighted by atomic mass is 9.96. The number of nitrogens with one attached hydrogen (secondary N) is 1. The number of benzene rings is 1. The van der Waals surface area contributed by atoms with E-state index >= 15 is 0 Å². The Morgan fingerprint density at radius 1 is 1.28 bits per heavy atom. The number of aliphatic hydroxyl groups is 2. The summed E-state index contributed by atoms with van der Waals surface area (Å²) in [6.45, 7) is 0. The number of amides is 1. The third-order valence-electron chi connectivity index (χ3n) is 2.92. The molecule has 2 atom stereocenters. The first kappa shape index (κ1) is 12.5. The van der Waals surface area contributed by atoms with Crippen LogP contribution >= 0.6 is 0 Å². The number of fused-ring (bicyclic) bond motifs is 1. The van der Waals surface area contributed by atoms with Crippen molar-refractivity contribution in [3.63, 3.8) is 0 Å². The summed E-state index contributed by atoms with van der Waals surface area (Å²) in [5.74, 6) is -1.55. The molecule has 0 radical (unpaired) electrons. The van der Waals surface area contributed by atoms with Crippen molar-refractivity contribution in [1.82, 2.24) is 0 Å². The van der Waals surface area contributed by atoms with Gasteiger partial charge in [-0.25, -0.2) is 4.79 Å². The first-order valence-corrected chi connectivity index (χ1v) is 5.50. The van der Waals surface area contributed by atoms with E-state index in [-0.39, 0.29) is 5.91 Å². The number of aliphatic carboxylic acids is 1. The van der Waals surface area contributed by atoms with Crippen LogP contribution in [0.3, 0.4) is 0 Å². The van der Waals surface area contributed by atoms with Crippen LogP contribution in [0, 0.1) is 0 Å². The van der Waals surface area contributed by atoms with Gasteiger partial charge in [0.1, 0.15) is 6.10 Å². The molecular weight excluding hydrogens is 238 g/mol. The van der Waals surface area contributed by atoms with Crippen LogP contribution in [0.1, 0.15) is 23.7 Å². The average molecular weight is 251 g/mol. The maximum Gasteiger partial charge on any atom is 0.335 e. The van der Waals surface area contributed by atoms with Gasteiger partial charge in [-0.15, -0.1) is 0 Å². The molecule has 1 aliphatic heterocycles. The molecule has 0 aromatic heterocycles. The Bertz CT molecular complexity index is 499. The highest BCUT2D eigenvalue weighted by Crippen LogP contribution is 2.27. The monoisotopic (exact) mass is 251 g/mol. The molecule has 96 valence electrons. The van der Waals surface area contributed by atoms with Crippen LogP contribution in [-0.4, -0.2) is 33.3 Å². The van der Waals surface area contributed by atoms with Crippen molar-refractivity contribution in [2.75, 3.05) is 5.32 Å². The van der Waals surface area contributed by atoms with Crippen LogP contribution in [0.5, 0.6) is 0 Å². The molecule has 0 fully saturated rings. The Balaban J connectivity index is 2.26. The quantitative estimate of drug-likeness (QED) is 0.607. The molecule has 1 aromatic carbocycles. The average Bonchev–Trinajstić information content (AvgIpc) is 2.36. The van der Waals surface area contributed by atoms with E-state index in [0.717, 1.165) is 5.56 Å². The lowest BCUT2D eigenvalue weighted by Crippen LogP contribution is -2.28. The molecule has 0 aliphatic carbocycles. The fourth-order valence-electron chi connectivity index (χ4n) is 1.90. The van der Waals surface area contributed by atoms with Gasteiger partial charge in [-0.3, -0.25) is 4.79 Å². The van der Waals surface area contributed by atoms with Crippen molar-refractivity contribution in [1.29, 1.82) is 0 Å². The second-order valence-corrected chi connectivity index (χ2v) is 4.19. The standard InChI is InChI=1S/C12H13NO5/c14-9-4-2-6-5-7(1-3-8(6)13-9)10(15)11(16)12(17)18/h1,3,5,10-11,15-16H,2,4H2,(H,13,14)(H,17,18). The smallest absolute Gasteiger partial charge is 0.335 e. The number of anilines is 1. The topological polar surface area (TPSA) is 107 Å². The van der Waals surface area contributed by atoms with Crippen LogP contribution in [0.15, 0.2) is 18.2 Å². The van der Waals surface area contributed by atoms with Gasteiger partial charge >= 0.3 is 5.97 Å². The predicted molar refractivity (Wildman–Crippen MR) is 62.0 cm³/mol. The van der Waals surface area contributed by atoms with Gasteiger partial charge in [-0.2, -0.15) is 0 Å². The fraction of sp³-hybridized carbons (Fsp3) is 0.333.